The van der Waals surface area contributed by atoms with Gasteiger partial charge in [0.2, 0.25) is 0 Å². The van der Waals surface area contributed by atoms with Gasteiger partial charge in [-0.15, -0.1) is 0 Å². The average molecular weight is 268 g/mol. The number of anilines is 1. The van der Waals surface area contributed by atoms with Crippen LogP contribution in [0.25, 0.3) is 0 Å². The summed E-state index contributed by atoms with van der Waals surface area (Å²) in [4.78, 5) is 10.8. The molecule has 0 unspecified atom stereocenters. The molecule has 0 aromatic heterocycles. The molecule has 4 nitrogen and oxygen atoms in total. The number of carbonyl (C=O) groups is 1. The van der Waals surface area contributed by atoms with Crippen LogP contribution in [0.4, 0.5) is 10.5 Å². The van der Waals surface area contributed by atoms with Gasteiger partial charge in [0.05, 0.1) is 5.69 Å². The summed E-state index contributed by atoms with van der Waals surface area (Å²) in [6.45, 7) is 0. The van der Waals surface area contributed by atoms with Crippen LogP contribution >= 0.6 is 11.6 Å². The van der Waals surface area contributed by atoms with Gasteiger partial charge in [0, 0.05) is 16.5 Å². The second-order valence-electron chi connectivity index (χ2n) is 4.85. The van der Waals surface area contributed by atoms with E-state index in [9.17, 15) is 4.79 Å². The van der Waals surface area contributed by atoms with Gasteiger partial charge < -0.3 is 9.84 Å². The van der Waals surface area contributed by atoms with E-state index in [2.05, 4.69) is 5.32 Å². The Kier molecular flexibility index (Phi) is 2.82. The van der Waals surface area contributed by atoms with Crippen molar-refractivity contribution < 1.29 is 14.6 Å². The molecule has 1 aromatic rings. The highest BCUT2D eigenvalue weighted by molar-refractivity contribution is 6.31. The van der Waals surface area contributed by atoms with Gasteiger partial charge in [-0.1, -0.05) is 18.0 Å². The molecule has 0 spiro atoms. The highest BCUT2D eigenvalue weighted by Gasteiger charge is 2.37. The standard InChI is InChI=1S/C13H14ClNO3/c14-7-5-9-8-3-1-2-4-11(8)18-12(9)10(6-7)15-13(16)17/h5-6,8,11,15H,1-4H2,(H,16,17)/t8-,11-/m0/s1. The molecule has 2 atom stereocenters. The molecule has 1 saturated carbocycles. The maximum absolute atomic E-state index is 10.8. The molecule has 0 bridgehead atoms. The number of benzene rings is 1. The molecule has 1 aromatic carbocycles. The molecule has 2 N–H and O–H groups in total. The fraction of sp³-hybridized carbons (Fsp3) is 0.462. The van der Waals surface area contributed by atoms with E-state index in [1.165, 1.54) is 12.8 Å². The van der Waals surface area contributed by atoms with E-state index in [-0.39, 0.29) is 6.10 Å². The number of rotatable bonds is 1. The second kappa shape index (κ2) is 4.35. The molecule has 0 saturated heterocycles. The van der Waals surface area contributed by atoms with Crippen molar-refractivity contribution in [1.82, 2.24) is 0 Å². The molecule has 1 heterocycles. The monoisotopic (exact) mass is 267 g/mol. The minimum atomic E-state index is -1.10. The van der Waals surface area contributed by atoms with Crippen molar-refractivity contribution in [3.05, 3.63) is 22.7 Å². The van der Waals surface area contributed by atoms with E-state index in [1.807, 2.05) is 6.07 Å². The van der Waals surface area contributed by atoms with E-state index in [1.54, 1.807) is 6.07 Å². The maximum atomic E-state index is 10.8. The lowest BCUT2D eigenvalue weighted by Crippen LogP contribution is -2.22. The van der Waals surface area contributed by atoms with E-state index in [0.717, 1.165) is 18.4 Å². The number of ether oxygens (including phenoxy) is 1. The number of fused-ring (bicyclic) bond motifs is 3. The summed E-state index contributed by atoms with van der Waals surface area (Å²) in [5, 5.41) is 11.7. The number of hydrogen-bond donors (Lipinski definition) is 2. The molecule has 2 aliphatic rings. The first-order chi connectivity index (χ1) is 8.65. The van der Waals surface area contributed by atoms with Gasteiger partial charge in [-0.05, 0) is 31.4 Å². The van der Waals surface area contributed by atoms with Crippen molar-refractivity contribution in [2.45, 2.75) is 37.7 Å². The molecule has 5 heteroatoms. The minimum absolute atomic E-state index is 0.182. The molecule has 1 amide bonds. The quantitative estimate of drug-likeness (QED) is 0.812. The lowest BCUT2D eigenvalue weighted by molar-refractivity contribution is 0.164. The van der Waals surface area contributed by atoms with Gasteiger partial charge >= 0.3 is 6.09 Å². The first-order valence-electron chi connectivity index (χ1n) is 6.15. The summed E-state index contributed by atoms with van der Waals surface area (Å²) in [6, 6.07) is 3.51. The van der Waals surface area contributed by atoms with Crippen molar-refractivity contribution in [2.24, 2.45) is 0 Å². The van der Waals surface area contributed by atoms with Crippen molar-refractivity contribution in [3.8, 4) is 5.75 Å². The second-order valence-corrected chi connectivity index (χ2v) is 5.29. The Morgan fingerprint density at radius 2 is 2.17 bits per heavy atom. The zero-order valence-electron chi connectivity index (χ0n) is 9.78. The summed E-state index contributed by atoms with van der Waals surface area (Å²) in [7, 11) is 0. The summed E-state index contributed by atoms with van der Waals surface area (Å²) in [5.74, 6) is 1.03. The van der Waals surface area contributed by atoms with Crippen LogP contribution in [0.2, 0.25) is 5.02 Å². The van der Waals surface area contributed by atoms with Crippen LogP contribution in [0.1, 0.15) is 37.2 Å². The zero-order chi connectivity index (χ0) is 12.7. The smallest absolute Gasteiger partial charge is 0.409 e. The summed E-state index contributed by atoms with van der Waals surface area (Å²) < 4.78 is 5.91. The van der Waals surface area contributed by atoms with Crippen LogP contribution in [0, 0.1) is 0 Å². The maximum Gasteiger partial charge on any atom is 0.409 e. The van der Waals surface area contributed by atoms with Gasteiger partial charge in [0.25, 0.3) is 0 Å². The topological polar surface area (TPSA) is 58.6 Å². The molecule has 96 valence electrons. The first-order valence-corrected chi connectivity index (χ1v) is 6.53. The van der Waals surface area contributed by atoms with Crippen LogP contribution < -0.4 is 10.1 Å². The van der Waals surface area contributed by atoms with Crippen LogP contribution in [-0.2, 0) is 0 Å². The van der Waals surface area contributed by atoms with Crippen molar-refractivity contribution in [2.75, 3.05) is 5.32 Å². The van der Waals surface area contributed by atoms with Gasteiger partial charge in [-0.3, -0.25) is 5.32 Å². The van der Waals surface area contributed by atoms with E-state index < -0.39 is 6.09 Å². The Hall–Kier alpha value is -1.42. The normalized spacial score (nSPS) is 24.9. The Bertz CT molecular complexity index is 503. The molecule has 1 aliphatic carbocycles. The fourth-order valence-corrected chi connectivity index (χ4v) is 3.20. The SMILES string of the molecule is O=C(O)Nc1cc(Cl)cc2c1O[C@H]1CCCC[C@@H]21. The lowest BCUT2D eigenvalue weighted by Gasteiger charge is -2.23. The highest BCUT2D eigenvalue weighted by atomic mass is 35.5. The van der Waals surface area contributed by atoms with Crippen LogP contribution in [-0.4, -0.2) is 17.3 Å². The van der Waals surface area contributed by atoms with Crippen LogP contribution in [0.3, 0.4) is 0 Å². The molecule has 1 aliphatic heterocycles. The first kappa shape index (κ1) is 11.7. The van der Waals surface area contributed by atoms with Crippen molar-refractivity contribution in [3.63, 3.8) is 0 Å². The van der Waals surface area contributed by atoms with Gasteiger partial charge in [-0.2, -0.15) is 0 Å². The largest absolute Gasteiger partial charge is 0.487 e. The molecular formula is C13H14ClNO3. The van der Waals surface area contributed by atoms with Crippen LogP contribution in [0.5, 0.6) is 5.75 Å². The van der Waals surface area contributed by atoms with E-state index in [4.69, 9.17) is 21.4 Å². The third kappa shape index (κ3) is 1.90. The molecule has 18 heavy (non-hydrogen) atoms. The Morgan fingerprint density at radius 1 is 1.39 bits per heavy atom. The summed E-state index contributed by atoms with van der Waals surface area (Å²) in [6.07, 6.45) is 3.57. The lowest BCUT2D eigenvalue weighted by atomic mass is 9.83. The molecular weight excluding hydrogens is 254 g/mol. The van der Waals surface area contributed by atoms with Crippen molar-refractivity contribution >= 4 is 23.4 Å². The zero-order valence-corrected chi connectivity index (χ0v) is 10.5. The molecule has 0 radical (unpaired) electrons. The minimum Gasteiger partial charge on any atom is -0.487 e. The number of nitrogens with one attached hydrogen (secondary N) is 1. The summed E-state index contributed by atoms with van der Waals surface area (Å²) in [5.41, 5.74) is 1.51. The van der Waals surface area contributed by atoms with E-state index in [0.29, 0.717) is 22.4 Å². The average Bonchev–Trinajstić information content (AvgIpc) is 2.67. The third-order valence-corrected chi connectivity index (χ3v) is 3.91. The third-order valence-electron chi connectivity index (χ3n) is 3.70. The predicted octanol–water partition coefficient (Wildman–Crippen LogP) is 3.85. The predicted molar refractivity (Wildman–Crippen MR) is 68.7 cm³/mol. The Morgan fingerprint density at radius 3 is 2.94 bits per heavy atom. The number of carboxylic acid groups (broad SMARTS) is 1. The number of amides is 1. The molecule has 3 rings (SSSR count). The van der Waals surface area contributed by atoms with E-state index >= 15 is 0 Å². The van der Waals surface area contributed by atoms with Crippen LogP contribution in [0.15, 0.2) is 12.1 Å². The van der Waals surface area contributed by atoms with Gasteiger partial charge in [0.15, 0.2) is 0 Å². The molecule has 1 fully saturated rings. The van der Waals surface area contributed by atoms with Gasteiger partial charge in [0.1, 0.15) is 11.9 Å². The fourth-order valence-electron chi connectivity index (χ4n) is 2.97. The Labute approximate surface area is 110 Å². The number of halogens is 1. The Balaban J connectivity index is 2.02. The van der Waals surface area contributed by atoms with Crippen molar-refractivity contribution in [1.29, 1.82) is 0 Å². The van der Waals surface area contributed by atoms with Gasteiger partial charge in [-0.25, -0.2) is 4.79 Å². The summed E-state index contributed by atoms with van der Waals surface area (Å²) >= 11 is 6.05. The highest BCUT2D eigenvalue weighted by Crippen LogP contribution is 2.49. The number of hydrogen-bond acceptors (Lipinski definition) is 2.